The Bertz CT molecular complexity index is 968. The molecule has 1 unspecified atom stereocenters. The van der Waals surface area contributed by atoms with E-state index < -0.39 is 0 Å². The van der Waals surface area contributed by atoms with E-state index in [-0.39, 0.29) is 11.9 Å². The number of guanidine groups is 1. The van der Waals surface area contributed by atoms with E-state index in [4.69, 9.17) is 10.1 Å². The third kappa shape index (κ3) is 4.30. The quantitative estimate of drug-likeness (QED) is 0.750. The lowest BCUT2D eigenvalue weighted by Gasteiger charge is -2.40. The van der Waals surface area contributed by atoms with Crippen LogP contribution in [-0.4, -0.2) is 82.8 Å². The lowest BCUT2D eigenvalue weighted by Crippen LogP contribution is -2.53. The predicted molar refractivity (Wildman–Crippen MR) is 118 cm³/mol. The zero-order chi connectivity index (χ0) is 21.4. The number of carbonyl (C=O) groups excluding carboxylic acids is 1. The molecule has 0 saturated carbocycles. The minimum Gasteiger partial charge on any atom is -0.377 e. The molecule has 2 N–H and O–H groups in total. The molecule has 9 heteroatoms. The largest absolute Gasteiger partial charge is 0.377 e. The highest BCUT2D eigenvalue weighted by molar-refractivity contribution is 6.08. The van der Waals surface area contributed by atoms with Gasteiger partial charge in [-0.25, -0.2) is 4.52 Å². The summed E-state index contributed by atoms with van der Waals surface area (Å²) < 4.78 is 7.67. The molecule has 5 rings (SSSR count). The van der Waals surface area contributed by atoms with Crippen LogP contribution in [0.1, 0.15) is 31.7 Å². The lowest BCUT2D eigenvalue weighted by molar-refractivity contribution is -0.119. The van der Waals surface area contributed by atoms with Gasteiger partial charge in [0.05, 0.1) is 23.5 Å². The number of piperazine rings is 1. The van der Waals surface area contributed by atoms with Crippen LogP contribution in [0.4, 0.5) is 5.69 Å². The third-order valence-corrected chi connectivity index (χ3v) is 6.66. The number of amides is 1. The number of nitrogens with one attached hydrogen (secondary N) is 2. The van der Waals surface area contributed by atoms with Crippen molar-refractivity contribution in [1.82, 2.24) is 24.7 Å². The van der Waals surface area contributed by atoms with Crippen molar-refractivity contribution >= 4 is 23.1 Å². The second-order valence-corrected chi connectivity index (χ2v) is 8.91. The van der Waals surface area contributed by atoms with Crippen LogP contribution in [0.15, 0.2) is 24.5 Å². The zero-order valence-corrected chi connectivity index (χ0v) is 18.1. The summed E-state index contributed by atoms with van der Waals surface area (Å²) in [6.45, 7) is 8.86. The van der Waals surface area contributed by atoms with Crippen molar-refractivity contribution in [3.05, 3.63) is 30.1 Å². The van der Waals surface area contributed by atoms with Crippen LogP contribution < -0.4 is 10.2 Å². The molecular weight excluding hydrogens is 394 g/mol. The van der Waals surface area contributed by atoms with E-state index in [2.05, 4.69) is 39.3 Å². The van der Waals surface area contributed by atoms with E-state index in [1.165, 1.54) is 18.4 Å². The fraction of sp³-hybridized carbons (Fsp3) is 0.591. The number of hydrogen-bond acceptors (Lipinski definition) is 6. The van der Waals surface area contributed by atoms with E-state index in [0.717, 1.165) is 50.5 Å². The second-order valence-electron chi connectivity index (χ2n) is 8.91. The van der Waals surface area contributed by atoms with E-state index in [0.29, 0.717) is 25.1 Å². The van der Waals surface area contributed by atoms with Crippen LogP contribution in [0.5, 0.6) is 0 Å². The van der Waals surface area contributed by atoms with Crippen molar-refractivity contribution in [2.24, 2.45) is 0 Å². The van der Waals surface area contributed by atoms with Gasteiger partial charge in [0.15, 0.2) is 0 Å². The summed E-state index contributed by atoms with van der Waals surface area (Å²) in [6, 6.07) is 4.80. The average molecular weight is 426 g/mol. The molecule has 0 spiro atoms. The Balaban J connectivity index is 1.26. The summed E-state index contributed by atoms with van der Waals surface area (Å²) in [5, 5.41) is 15.2. The van der Waals surface area contributed by atoms with Gasteiger partial charge >= 0.3 is 0 Å². The number of hydrogen-bond donors (Lipinski definition) is 2. The molecule has 0 aromatic carbocycles. The van der Waals surface area contributed by atoms with Crippen LogP contribution in [0, 0.1) is 5.41 Å². The molecule has 1 amide bonds. The molecule has 0 aliphatic carbocycles. The smallest absolute Gasteiger partial charge is 0.228 e. The number of carbonyl (C=O) groups is 1. The second kappa shape index (κ2) is 8.57. The number of anilines is 1. The SMILES string of the molecule is C[C@H]1CN(Cc2ccn3ncc(N4CCC(=O)NC4=N)c3c2)CCN1CC1CCCO1. The Hall–Kier alpha value is -2.49. The zero-order valence-electron chi connectivity index (χ0n) is 18.1. The van der Waals surface area contributed by atoms with Crippen LogP contribution in [0.2, 0.25) is 0 Å². The van der Waals surface area contributed by atoms with Gasteiger partial charge in [-0.2, -0.15) is 5.10 Å². The minimum atomic E-state index is -0.105. The normalized spacial score (nSPS) is 26.0. The number of rotatable bonds is 5. The van der Waals surface area contributed by atoms with Crippen molar-refractivity contribution in [1.29, 1.82) is 5.41 Å². The Morgan fingerprint density at radius 3 is 3.00 bits per heavy atom. The molecule has 31 heavy (non-hydrogen) atoms. The number of ether oxygens (including phenoxy) is 1. The summed E-state index contributed by atoms with van der Waals surface area (Å²) in [6.07, 6.45) is 6.94. The van der Waals surface area contributed by atoms with Gasteiger partial charge < -0.3 is 9.64 Å². The first-order valence-corrected chi connectivity index (χ1v) is 11.3. The fourth-order valence-electron chi connectivity index (χ4n) is 4.94. The Labute approximate surface area is 182 Å². The van der Waals surface area contributed by atoms with E-state index in [1.807, 2.05) is 15.6 Å². The Morgan fingerprint density at radius 2 is 2.23 bits per heavy atom. The molecule has 2 atom stereocenters. The molecule has 2 aromatic heterocycles. The first-order valence-electron chi connectivity index (χ1n) is 11.3. The standard InChI is InChI=1S/C22H31N7O2/c1-16-13-26(8-9-27(16)15-18-3-2-10-31-18)14-17-4-7-29-19(11-17)20(12-24-29)28-6-5-21(30)25-22(28)23/h4,7,11-12,16,18H,2-3,5-6,8-10,13-15H2,1H3,(H2,23,25,30)/t16-,18?/m0/s1. The molecule has 3 aliphatic heterocycles. The highest BCUT2D eigenvalue weighted by Gasteiger charge is 2.28. The topological polar surface area (TPSA) is 89.2 Å². The van der Waals surface area contributed by atoms with Crippen LogP contribution in [0.25, 0.3) is 5.52 Å². The third-order valence-electron chi connectivity index (χ3n) is 6.66. The maximum atomic E-state index is 11.6. The van der Waals surface area contributed by atoms with Gasteiger partial charge in [0.2, 0.25) is 11.9 Å². The van der Waals surface area contributed by atoms with Crippen molar-refractivity contribution in [2.45, 2.75) is 44.9 Å². The molecule has 0 bridgehead atoms. The van der Waals surface area contributed by atoms with Crippen LogP contribution in [0.3, 0.4) is 0 Å². The minimum absolute atomic E-state index is 0.105. The molecule has 9 nitrogen and oxygen atoms in total. The summed E-state index contributed by atoms with van der Waals surface area (Å²) >= 11 is 0. The number of aromatic nitrogens is 2. The Morgan fingerprint density at radius 1 is 1.32 bits per heavy atom. The van der Waals surface area contributed by atoms with Crippen LogP contribution in [-0.2, 0) is 16.1 Å². The van der Waals surface area contributed by atoms with E-state index in [1.54, 1.807) is 6.20 Å². The Kier molecular flexibility index (Phi) is 5.64. The van der Waals surface area contributed by atoms with Crippen molar-refractivity contribution < 1.29 is 9.53 Å². The molecule has 3 fully saturated rings. The van der Waals surface area contributed by atoms with Gasteiger partial charge in [0, 0.05) is 64.5 Å². The fourth-order valence-corrected chi connectivity index (χ4v) is 4.94. The summed E-state index contributed by atoms with van der Waals surface area (Å²) in [4.78, 5) is 18.5. The predicted octanol–water partition coefficient (Wildman–Crippen LogP) is 1.28. The van der Waals surface area contributed by atoms with Gasteiger partial charge in [0.1, 0.15) is 0 Å². The molecule has 5 heterocycles. The van der Waals surface area contributed by atoms with Gasteiger partial charge in [-0.15, -0.1) is 0 Å². The maximum Gasteiger partial charge on any atom is 0.228 e. The molecule has 166 valence electrons. The van der Waals surface area contributed by atoms with Gasteiger partial charge in [0.25, 0.3) is 0 Å². The first-order chi connectivity index (χ1) is 15.1. The lowest BCUT2D eigenvalue weighted by atomic mass is 10.1. The molecule has 3 aliphatic rings. The highest BCUT2D eigenvalue weighted by atomic mass is 16.5. The molecule has 0 radical (unpaired) electrons. The number of pyridine rings is 1. The average Bonchev–Trinajstić information content (AvgIpc) is 3.40. The molecule has 3 saturated heterocycles. The monoisotopic (exact) mass is 425 g/mol. The van der Waals surface area contributed by atoms with Crippen molar-refractivity contribution in [3.63, 3.8) is 0 Å². The van der Waals surface area contributed by atoms with Crippen molar-refractivity contribution in [3.8, 4) is 0 Å². The maximum absolute atomic E-state index is 11.6. The summed E-state index contributed by atoms with van der Waals surface area (Å²) in [5.74, 6) is 0.0129. The van der Waals surface area contributed by atoms with Gasteiger partial charge in [-0.1, -0.05) is 0 Å². The van der Waals surface area contributed by atoms with Gasteiger partial charge in [-0.3, -0.25) is 25.3 Å². The van der Waals surface area contributed by atoms with E-state index in [9.17, 15) is 4.79 Å². The summed E-state index contributed by atoms with van der Waals surface area (Å²) in [5.41, 5.74) is 3.06. The number of fused-ring (bicyclic) bond motifs is 1. The molecule has 2 aromatic rings. The number of nitrogens with zero attached hydrogens (tertiary/aromatic N) is 5. The van der Waals surface area contributed by atoms with Crippen molar-refractivity contribution in [2.75, 3.05) is 44.2 Å². The van der Waals surface area contributed by atoms with Gasteiger partial charge in [-0.05, 0) is 37.5 Å². The first kappa shape index (κ1) is 20.4. The molecular formula is C22H31N7O2. The van der Waals surface area contributed by atoms with E-state index >= 15 is 0 Å². The highest BCUT2D eigenvalue weighted by Crippen LogP contribution is 2.25. The van der Waals surface area contributed by atoms with Crippen LogP contribution >= 0.6 is 0 Å². The summed E-state index contributed by atoms with van der Waals surface area (Å²) in [7, 11) is 0.